The molecule has 3 nitrogen and oxygen atoms in total. The summed E-state index contributed by atoms with van der Waals surface area (Å²) in [5.41, 5.74) is 0. The van der Waals surface area contributed by atoms with Gasteiger partial charge in [-0.15, -0.1) is 0 Å². The molecule has 0 bridgehead atoms. The lowest BCUT2D eigenvalue weighted by Crippen LogP contribution is -2.44. The molecule has 0 radical (unpaired) electrons. The Kier molecular flexibility index (Phi) is 4.70. The van der Waals surface area contributed by atoms with Gasteiger partial charge in [0, 0.05) is 19.2 Å². The van der Waals surface area contributed by atoms with Crippen LogP contribution in [0.4, 0.5) is 0 Å². The zero-order valence-corrected chi connectivity index (χ0v) is 8.62. The molecule has 13 heavy (non-hydrogen) atoms. The van der Waals surface area contributed by atoms with Crippen LogP contribution in [0.3, 0.4) is 0 Å². The molecule has 0 heterocycles. The van der Waals surface area contributed by atoms with Crippen molar-refractivity contribution in [1.29, 1.82) is 0 Å². The highest BCUT2D eigenvalue weighted by Gasteiger charge is 2.24. The van der Waals surface area contributed by atoms with Crippen molar-refractivity contribution in [2.75, 3.05) is 19.8 Å². The Morgan fingerprint density at radius 2 is 2.23 bits per heavy atom. The minimum Gasteiger partial charge on any atom is -0.389 e. The third-order valence-electron chi connectivity index (χ3n) is 2.53. The van der Waals surface area contributed by atoms with E-state index in [9.17, 15) is 5.11 Å². The van der Waals surface area contributed by atoms with Crippen LogP contribution >= 0.6 is 0 Å². The third kappa shape index (κ3) is 4.07. The smallest absolute Gasteiger partial charge is 0.0897 e. The highest BCUT2D eigenvalue weighted by atomic mass is 16.5. The molecule has 78 valence electrons. The molecule has 0 amide bonds. The summed E-state index contributed by atoms with van der Waals surface area (Å²) in [5, 5.41) is 12.8. The summed E-state index contributed by atoms with van der Waals surface area (Å²) in [6.07, 6.45) is 2.15. The summed E-state index contributed by atoms with van der Waals surface area (Å²) in [6, 6.07) is 0.631. The summed E-state index contributed by atoms with van der Waals surface area (Å²) in [6.45, 7) is 5.99. The van der Waals surface area contributed by atoms with E-state index in [-0.39, 0.29) is 6.10 Å². The fourth-order valence-electron chi connectivity index (χ4n) is 1.68. The van der Waals surface area contributed by atoms with Crippen LogP contribution in [0.5, 0.6) is 0 Å². The molecule has 1 aliphatic rings. The molecule has 1 atom stereocenters. The minimum atomic E-state index is -0.351. The summed E-state index contributed by atoms with van der Waals surface area (Å²) in [7, 11) is 0. The Hall–Kier alpha value is -0.120. The molecular formula is C10H21NO2. The first-order chi connectivity index (χ1) is 6.22. The number of rotatable bonds is 6. The van der Waals surface area contributed by atoms with Gasteiger partial charge in [0.25, 0.3) is 0 Å². The molecule has 3 heteroatoms. The Morgan fingerprint density at radius 1 is 1.54 bits per heavy atom. The van der Waals surface area contributed by atoms with E-state index in [1.54, 1.807) is 0 Å². The molecule has 1 unspecified atom stereocenters. The van der Waals surface area contributed by atoms with E-state index < -0.39 is 0 Å². The molecule has 1 aliphatic carbocycles. The van der Waals surface area contributed by atoms with Crippen LogP contribution < -0.4 is 5.32 Å². The molecule has 1 fully saturated rings. The van der Waals surface area contributed by atoms with Gasteiger partial charge in [0.05, 0.1) is 12.7 Å². The second-order valence-corrected chi connectivity index (χ2v) is 4.00. The second kappa shape index (κ2) is 5.58. The average molecular weight is 187 g/mol. The van der Waals surface area contributed by atoms with Gasteiger partial charge in [-0.25, -0.2) is 0 Å². The van der Waals surface area contributed by atoms with Gasteiger partial charge in [0.2, 0.25) is 0 Å². The van der Waals surface area contributed by atoms with Crippen molar-refractivity contribution in [3.8, 4) is 0 Å². The maximum atomic E-state index is 9.43. The van der Waals surface area contributed by atoms with E-state index in [0.29, 0.717) is 25.8 Å². The van der Waals surface area contributed by atoms with E-state index in [2.05, 4.69) is 12.2 Å². The van der Waals surface area contributed by atoms with Crippen molar-refractivity contribution >= 4 is 0 Å². The van der Waals surface area contributed by atoms with Crippen molar-refractivity contribution in [2.45, 2.75) is 38.8 Å². The largest absolute Gasteiger partial charge is 0.389 e. The molecule has 2 N–H and O–H groups in total. The summed E-state index contributed by atoms with van der Waals surface area (Å²) < 4.78 is 5.11. The van der Waals surface area contributed by atoms with Gasteiger partial charge in [-0.2, -0.15) is 0 Å². The van der Waals surface area contributed by atoms with E-state index in [0.717, 1.165) is 5.92 Å². The zero-order chi connectivity index (χ0) is 9.68. The summed E-state index contributed by atoms with van der Waals surface area (Å²) in [5.74, 6) is 0.863. The number of aliphatic hydroxyl groups is 1. The van der Waals surface area contributed by atoms with Gasteiger partial charge >= 0.3 is 0 Å². The normalized spacial score (nSPS) is 29.8. The molecule has 0 saturated heterocycles. The highest BCUT2D eigenvalue weighted by Crippen LogP contribution is 2.25. The van der Waals surface area contributed by atoms with Crippen molar-refractivity contribution in [3.05, 3.63) is 0 Å². The third-order valence-corrected chi connectivity index (χ3v) is 2.53. The molecule has 0 spiro atoms. The summed E-state index contributed by atoms with van der Waals surface area (Å²) in [4.78, 5) is 0. The first kappa shape index (κ1) is 11.0. The van der Waals surface area contributed by atoms with E-state index >= 15 is 0 Å². The predicted octanol–water partition coefficient (Wildman–Crippen LogP) is 0.772. The van der Waals surface area contributed by atoms with Gasteiger partial charge in [0.1, 0.15) is 0 Å². The molecule has 1 saturated carbocycles. The Balaban J connectivity index is 1.92. The first-order valence-corrected chi connectivity index (χ1v) is 5.21. The van der Waals surface area contributed by atoms with Gasteiger partial charge < -0.3 is 15.2 Å². The van der Waals surface area contributed by atoms with Gasteiger partial charge in [-0.1, -0.05) is 6.92 Å². The van der Waals surface area contributed by atoms with Crippen molar-refractivity contribution in [1.82, 2.24) is 5.32 Å². The fraction of sp³-hybridized carbons (Fsp3) is 1.00. The number of aliphatic hydroxyl groups excluding tert-OH is 1. The standard InChI is InChI=1S/C10H21NO2/c1-3-13-7-10(12)6-11-9-4-8(2)5-9/h8-12H,3-7H2,1-2H3. The topological polar surface area (TPSA) is 41.5 Å². The summed E-state index contributed by atoms with van der Waals surface area (Å²) >= 11 is 0. The van der Waals surface area contributed by atoms with Crippen LogP contribution in [0, 0.1) is 5.92 Å². The zero-order valence-electron chi connectivity index (χ0n) is 8.62. The second-order valence-electron chi connectivity index (χ2n) is 4.00. The Morgan fingerprint density at radius 3 is 2.77 bits per heavy atom. The predicted molar refractivity (Wildman–Crippen MR) is 52.7 cm³/mol. The maximum absolute atomic E-state index is 9.43. The molecule has 0 aromatic heterocycles. The Labute approximate surface area is 80.5 Å². The quantitative estimate of drug-likeness (QED) is 0.645. The molecular weight excluding hydrogens is 166 g/mol. The van der Waals surface area contributed by atoms with Crippen LogP contribution in [0.2, 0.25) is 0 Å². The van der Waals surface area contributed by atoms with E-state index in [1.807, 2.05) is 6.92 Å². The highest BCUT2D eigenvalue weighted by molar-refractivity contribution is 4.82. The number of hydrogen-bond donors (Lipinski definition) is 2. The van der Waals surface area contributed by atoms with E-state index in [4.69, 9.17) is 4.74 Å². The number of ether oxygens (including phenoxy) is 1. The van der Waals surface area contributed by atoms with Crippen LogP contribution in [-0.2, 0) is 4.74 Å². The molecule has 1 rings (SSSR count). The average Bonchev–Trinajstić information content (AvgIpc) is 2.07. The molecule has 0 aromatic rings. The van der Waals surface area contributed by atoms with Crippen molar-refractivity contribution in [2.24, 2.45) is 5.92 Å². The van der Waals surface area contributed by atoms with Gasteiger partial charge in [0.15, 0.2) is 0 Å². The Bertz CT molecular complexity index is 135. The van der Waals surface area contributed by atoms with Crippen LogP contribution in [-0.4, -0.2) is 37.0 Å². The lowest BCUT2D eigenvalue weighted by molar-refractivity contribution is 0.0383. The fourth-order valence-corrected chi connectivity index (χ4v) is 1.68. The molecule has 0 aliphatic heterocycles. The van der Waals surface area contributed by atoms with Crippen molar-refractivity contribution < 1.29 is 9.84 Å². The van der Waals surface area contributed by atoms with Gasteiger partial charge in [-0.3, -0.25) is 0 Å². The molecule has 0 aromatic carbocycles. The first-order valence-electron chi connectivity index (χ1n) is 5.21. The monoisotopic (exact) mass is 187 g/mol. The lowest BCUT2D eigenvalue weighted by Gasteiger charge is -2.34. The number of nitrogens with one attached hydrogen (secondary N) is 1. The minimum absolute atomic E-state index is 0.351. The van der Waals surface area contributed by atoms with Crippen molar-refractivity contribution in [3.63, 3.8) is 0 Å². The van der Waals surface area contributed by atoms with Crippen LogP contribution in [0.1, 0.15) is 26.7 Å². The van der Waals surface area contributed by atoms with Crippen LogP contribution in [0.15, 0.2) is 0 Å². The number of hydrogen-bond acceptors (Lipinski definition) is 3. The van der Waals surface area contributed by atoms with Crippen LogP contribution in [0.25, 0.3) is 0 Å². The maximum Gasteiger partial charge on any atom is 0.0897 e. The lowest BCUT2D eigenvalue weighted by atomic mass is 9.82. The van der Waals surface area contributed by atoms with E-state index in [1.165, 1.54) is 12.8 Å². The SMILES string of the molecule is CCOCC(O)CNC1CC(C)C1. The van der Waals surface area contributed by atoms with Gasteiger partial charge in [-0.05, 0) is 25.7 Å².